The molecular weight excluding hydrogens is 274 g/mol. The Labute approximate surface area is 133 Å². The Morgan fingerprint density at radius 1 is 1.09 bits per heavy atom. The molecule has 0 heterocycles. The van der Waals surface area contributed by atoms with Crippen molar-refractivity contribution in [3.63, 3.8) is 0 Å². The fraction of sp³-hybridized carbons (Fsp3) is 0.474. The molecule has 0 aliphatic carbocycles. The molecular formula is C19H25NO2. The van der Waals surface area contributed by atoms with Gasteiger partial charge in [0.25, 0.3) is 0 Å². The molecule has 118 valence electrons. The highest BCUT2D eigenvalue weighted by Crippen LogP contribution is 2.16. The Morgan fingerprint density at radius 3 is 2.27 bits per heavy atom. The van der Waals surface area contributed by atoms with Gasteiger partial charge in [-0.25, -0.2) is 4.79 Å². The van der Waals surface area contributed by atoms with Crippen LogP contribution in [-0.4, -0.2) is 5.97 Å². The monoisotopic (exact) mass is 299 g/mol. The number of carbonyl (C=O) groups is 1. The summed E-state index contributed by atoms with van der Waals surface area (Å²) in [6, 6.07) is 9.14. The molecule has 1 aromatic rings. The summed E-state index contributed by atoms with van der Waals surface area (Å²) < 4.78 is 5.04. The summed E-state index contributed by atoms with van der Waals surface area (Å²) in [5.41, 5.74) is 1.06. The third-order valence-corrected chi connectivity index (χ3v) is 3.58. The van der Waals surface area contributed by atoms with Gasteiger partial charge < -0.3 is 4.74 Å². The lowest BCUT2D eigenvalue weighted by molar-refractivity contribution is -0.129. The highest BCUT2D eigenvalue weighted by molar-refractivity contribution is 5.93. The topological polar surface area (TPSA) is 50.1 Å². The summed E-state index contributed by atoms with van der Waals surface area (Å²) in [5, 5.41) is 8.57. The highest BCUT2D eigenvalue weighted by atomic mass is 16.5. The number of nitriles is 1. The fourth-order valence-electron chi connectivity index (χ4n) is 2.22. The van der Waals surface area contributed by atoms with E-state index in [2.05, 4.69) is 13.5 Å². The van der Waals surface area contributed by atoms with Crippen molar-refractivity contribution < 1.29 is 9.53 Å². The minimum Gasteiger partial charge on any atom is -0.422 e. The van der Waals surface area contributed by atoms with Gasteiger partial charge in [0.05, 0.1) is 0 Å². The Morgan fingerprint density at radius 2 is 1.68 bits per heavy atom. The summed E-state index contributed by atoms with van der Waals surface area (Å²) in [7, 11) is 0. The van der Waals surface area contributed by atoms with Gasteiger partial charge in [0.15, 0.2) is 0 Å². The maximum absolute atomic E-state index is 11.4. The number of hydrogen-bond acceptors (Lipinski definition) is 3. The van der Waals surface area contributed by atoms with E-state index < -0.39 is 5.97 Å². The largest absolute Gasteiger partial charge is 0.422 e. The molecule has 0 bridgehead atoms. The van der Waals surface area contributed by atoms with E-state index in [-0.39, 0.29) is 5.57 Å². The molecule has 0 atom stereocenters. The van der Waals surface area contributed by atoms with Crippen LogP contribution >= 0.6 is 0 Å². The molecule has 1 rings (SSSR count). The molecule has 0 aromatic heterocycles. The van der Waals surface area contributed by atoms with Crippen LogP contribution in [0.4, 0.5) is 0 Å². The van der Waals surface area contributed by atoms with E-state index in [0.717, 1.165) is 6.42 Å². The van der Waals surface area contributed by atoms with Gasteiger partial charge in [-0.05, 0) is 30.5 Å². The highest BCUT2D eigenvalue weighted by Gasteiger charge is 2.08. The Balaban J connectivity index is 2.26. The fourth-order valence-corrected chi connectivity index (χ4v) is 2.22. The van der Waals surface area contributed by atoms with Gasteiger partial charge >= 0.3 is 5.97 Å². The minimum absolute atomic E-state index is 0.188. The molecule has 0 saturated carbocycles. The molecule has 0 spiro atoms. The number of ether oxygens (including phenoxy) is 1. The first-order valence-corrected chi connectivity index (χ1v) is 8.07. The van der Waals surface area contributed by atoms with Gasteiger partial charge in [0, 0.05) is 0 Å². The second kappa shape index (κ2) is 10.6. The minimum atomic E-state index is -0.692. The smallest absolute Gasteiger partial charge is 0.353 e. The molecule has 3 nitrogen and oxygen atoms in total. The van der Waals surface area contributed by atoms with Crippen LogP contribution in [0, 0.1) is 11.3 Å². The Bertz CT molecular complexity index is 511. The van der Waals surface area contributed by atoms with Crippen molar-refractivity contribution in [2.75, 3.05) is 0 Å². The van der Waals surface area contributed by atoms with Gasteiger partial charge in [-0.2, -0.15) is 5.26 Å². The number of rotatable bonds is 10. The van der Waals surface area contributed by atoms with E-state index >= 15 is 0 Å². The van der Waals surface area contributed by atoms with Crippen molar-refractivity contribution in [3.05, 3.63) is 42.0 Å². The maximum Gasteiger partial charge on any atom is 0.353 e. The van der Waals surface area contributed by atoms with Gasteiger partial charge in [-0.1, -0.05) is 64.2 Å². The quantitative estimate of drug-likeness (QED) is 0.202. The molecule has 0 saturated heterocycles. The number of carbonyl (C=O) groups excluding carboxylic acids is 1. The molecule has 3 heteroatoms. The number of nitrogens with zero attached hydrogens (tertiary/aromatic N) is 1. The molecule has 0 radical (unpaired) electrons. The van der Waals surface area contributed by atoms with Gasteiger partial charge in [0.2, 0.25) is 0 Å². The van der Waals surface area contributed by atoms with E-state index in [4.69, 9.17) is 10.00 Å². The lowest BCUT2D eigenvalue weighted by Gasteiger charge is -2.05. The van der Waals surface area contributed by atoms with Crippen LogP contribution in [0.2, 0.25) is 0 Å². The normalized spacial score (nSPS) is 10.0. The van der Waals surface area contributed by atoms with E-state index in [9.17, 15) is 4.79 Å². The van der Waals surface area contributed by atoms with Crippen molar-refractivity contribution >= 4 is 5.97 Å². The van der Waals surface area contributed by atoms with Crippen LogP contribution in [-0.2, 0) is 11.2 Å². The third-order valence-electron chi connectivity index (χ3n) is 3.58. The summed E-state index contributed by atoms with van der Waals surface area (Å²) in [5.74, 6) is -0.243. The molecule has 0 aliphatic rings. The van der Waals surface area contributed by atoms with E-state index in [0.29, 0.717) is 5.75 Å². The lowest BCUT2D eigenvalue weighted by atomic mass is 10.0. The summed E-state index contributed by atoms with van der Waals surface area (Å²) in [6.07, 6.45) is 10.1. The lowest BCUT2D eigenvalue weighted by Crippen LogP contribution is -2.09. The van der Waals surface area contributed by atoms with Crippen LogP contribution in [0.3, 0.4) is 0 Å². The first-order valence-electron chi connectivity index (χ1n) is 8.07. The van der Waals surface area contributed by atoms with Crippen LogP contribution in [0.25, 0.3) is 0 Å². The number of benzene rings is 1. The first-order chi connectivity index (χ1) is 10.7. The van der Waals surface area contributed by atoms with Crippen molar-refractivity contribution in [1.29, 1.82) is 5.26 Å². The van der Waals surface area contributed by atoms with Gasteiger partial charge in [-0.3, -0.25) is 0 Å². The average molecular weight is 299 g/mol. The zero-order chi connectivity index (χ0) is 16.2. The predicted octanol–water partition coefficient (Wildman–Crippen LogP) is 4.96. The second-order valence-electron chi connectivity index (χ2n) is 5.50. The number of hydrogen-bond donors (Lipinski definition) is 0. The Hall–Kier alpha value is -2.08. The van der Waals surface area contributed by atoms with Gasteiger partial charge in [0.1, 0.15) is 17.4 Å². The first kappa shape index (κ1) is 18.0. The van der Waals surface area contributed by atoms with E-state index in [1.165, 1.54) is 50.5 Å². The summed E-state index contributed by atoms with van der Waals surface area (Å²) >= 11 is 0. The maximum atomic E-state index is 11.4. The van der Waals surface area contributed by atoms with Crippen LogP contribution in [0.5, 0.6) is 5.75 Å². The SMILES string of the molecule is C=C(C#N)C(=O)Oc1ccc(CCCCCCCCC)cc1. The standard InChI is InChI=1S/C19H25NO2/c1-3-4-5-6-7-8-9-10-17-11-13-18(14-12-17)22-19(21)16(2)15-20/h11-14H,2-10H2,1H3. The van der Waals surface area contributed by atoms with Crippen molar-refractivity contribution in [3.8, 4) is 11.8 Å². The molecule has 22 heavy (non-hydrogen) atoms. The van der Waals surface area contributed by atoms with Crippen molar-refractivity contribution in [1.82, 2.24) is 0 Å². The summed E-state index contributed by atoms with van der Waals surface area (Å²) in [4.78, 5) is 11.4. The third kappa shape index (κ3) is 7.08. The van der Waals surface area contributed by atoms with Crippen LogP contribution in [0.15, 0.2) is 36.4 Å². The van der Waals surface area contributed by atoms with Crippen molar-refractivity contribution in [2.24, 2.45) is 0 Å². The molecule has 1 aromatic carbocycles. The van der Waals surface area contributed by atoms with E-state index in [1.54, 1.807) is 18.2 Å². The predicted molar refractivity (Wildman–Crippen MR) is 88.5 cm³/mol. The second-order valence-corrected chi connectivity index (χ2v) is 5.50. The molecule has 0 unspecified atom stereocenters. The summed E-state index contributed by atoms with van der Waals surface area (Å²) in [6.45, 7) is 5.56. The van der Waals surface area contributed by atoms with Gasteiger partial charge in [-0.15, -0.1) is 0 Å². The number of unbranched alkanes of at least 4 members (excludes halogenated alkanes) is 6. The van der Waals surface area contributed by atoms with Crippen LogP contribution < -0.4 is 4.74 Å². The molecule has 0 N–H and O–H groups in total. The Kier molecular flexibility index (Phi) is 8.67. The van der Waals surface area contributed by atoms with E-state index in [1.807, 2.05) is 12.1 Å². The number of aryl methyl sites for hydroxylation is 1. The van der Waals surface area contributed by atoms with Crippen LogP contribution in [0.1, 0.15) is 57.4 Å². The molecule has 0 fully saturated rings. The average Bonchev–Trinajstić information content (AvgIpc) is 2.54. The zero-order valence-electron chi connectivity index (χ0n) is 13.4. The molecule has 0 aliphatic heterocycles. The molecule has 0 amide bonds. The zero-order valence-corrected chi connectivity index (χ0v) is 13.4. The van der Waals surface area contributed by atoms with Crippen molar-refractivity contribution in [2.45, 2.75) is 58.3 Å². The number of esters is 1.